The second-order valence-corrected chi connectivity index (χ2v) is 5.38. The van der Waals surface area contributed by atoms with E-state index in [1.807, 2.05) is 13.0 Å². The number of rotatable bonds is 3. The van der Waals surface area contributed by atoms with Gasteiger partial charge in [-0.05, 0) is 36.3 Å². The molecule has 0 unspecified atom stereocenters. The van der Waals surface area contributed by atoms with E-state index in [1.54, 1.807) is 12.1 Å². The van der Waals surface area contributed by atoms with Crippen molar-refractivity contribution in [2.45, 2.75) is 19.8 Å². The predicted octanol–water partition coefficient (Wildman–Crippen LogP) is 3.89. The van der Waals surface area contributed by atoms with Crippen LogP contribution in [0, 0.1) is 4.77 Å². The first kappa shape index (κ1) is 14.3. The highest BCUT2D eigenvalue weighted by Crippen LogP contribution is 2.23. The number of aromatic amines is 2. The zero-order valence-corrected chi connectivity index (χ0v) is 12.5. The van der Waals surface area contributed by atoms with Crippen molar-refractivity contribution in [2.24, 2.45) is 0 Å². The molecule has 2 rings (SSSR count). The third-order valence-corrected chi connectivity index (χ3v) is 3.66. The summed E-state index contributed by atoms with van der Waals surface area (Å²) in [4.78, 5) is 17.6. The van der Waals surface area contributed by atoms with Gasteiger partial charge in [-0.2, -0.15) is 0 Å². The molecule has 0 fully saturated rings. The van der Waals surface area contributed by atoms with Crippen LogP contribution in [0.25, 0.3) is 0 Å². The lowest BCUT2D eigenvalue weighted by Crippen LogP contribution is -2.18. The van der Waals surface area contributed by atoms with Crippen LogP contribution in [-0.4, -0.2) is 9.97 Å². The van der Waals surface area contributed by atoms with Crippen molar-refractivity contribution in [3.8, 4) is 0 Å². The lowest BCUT2D eigenvalue weighted by atomic mass is 10.0. The Morgan fingerprint density at radius 3 is 2.63 bits per heavy atom. The van der Waals surface area contributed by atoms with Crippen molar-refractivity contribution in [1.82, 2.24) is 9.97 Å². The number of benzene rings is 1. The summed E-state index contributed by atoms with van der Waals surface area (Å²) in [5.74, 6) is 0. The first-order valence-electron chi connectivity index (χ1n) is 5.79. The van der Waals surface area contributed by atoms with Gasteiger partial charge in [0.15, 0.2) is 4.77 Å². The van der Waals surface area contributed by atoms with Crippen LogP contribution in [0.1, 0.15) is 23.7 Å². The van der Waals surface area contributed by atoms with Crippen molar-refractivity contribution >= 4 is 35.4 Å². The third kappa shape index (κ3) is 3.26. The molecule has 0 aliphatic heterocycles. The summed E-state index contributed by atoms with van der Waals surface area (Å²) >= 11 is 17.0. The van der Waals surface area contributed by atoms with E-state index in [-0.39, 0.29) is 5.56 Å². The summed E-state index contributed by atoms with van der Waals surface area (Å²) in [5, 5.41) is 1.13. The highest BCUT2D eigenvalue weighted by Gasteiger charge is 2.10. The number of nitrogens with one attached hydrogen (secondary N) is 2. The van der Waals surface area contributed by atoms with Gasteiger partial charge >= 0.3 is 0 Å². The van der Waals surface area contributed by atoms with Crippen LogP contribution in [0.5, 0.6) is 0 Å². The number of H-pyrrole nitrogens is 2. The Bertz CT molecular complexity index is 721. The lowest BCUT2D eigenvalue weighted by molar-refractivity contribution is 0.907. The average Bonchev–Trinajstić information content (AvgIpc) is 2.34. The molecule has 0 spiro atoms. The minimum atomic E-state index is -0.174. The SMILES string of the molecule is CCc1[nH]c(=S)[nH]c(=O)c1Cc1ccc(Cl)cc1Cl. The fourth-order valence-electron chi connectivity index (χ4n) is 1.90. The number of aryl methyl sites for hydroxylation is 1. The maximum absolute atomic E-state index is 12.0. The molecule has 0 aliphatic carbocycles. The van der Waals surface area contributed by atoms with Gasteiger partial charge in [0.1, 0.15) is 0 Å². The van der Waals surface area contributed by atoms with E-state index >= 15 is 0 Å². The number of halogens is 2. The predicted molar refractivity (Wildman–Crippen MR) is 80.9 cm³/mol. The molecule has 0 atom stereocenters. The van der Waals surface area contributed by atoms with E-state index in [1.165, 1.54) is 0 Å². The van der Waals surface area contributed by atoms with Crippen LogP contribution < -0.4 is 5.56 Å². The summed E-state index contributed by atoms with van der Waals surface area (Å²) < 4.78 is 0.341. The van der Waals surface area contributed by atoms with Gasteiger partial charge < -0.3 is 4.98 Å². The molecule has 0 saturated heterocycles. The van der Waals surface area contributed by atoms with Crippen LogP contribution in [-0.2, 0) is 12.8 Å². The fourth-order valence-corrected chi connectivity index (χ4v) is 2.59. The van der Waals surface area contributed by atoms with Gasteiger partial charge in [-0.3, -0.25) is 9.78 Å². The first-order valence-corrected chi connectivity index (χ1v) is 6.96. The van der Waals surface area contributed by atoms with E-state index in [4.69, 9.17) is 35.4 Å². The Morgan fingerprint density at radius 2 is 2.00 bits per heavy atom. The molecule has 1 aromatic carbocycles. The Hall–Kier alpha value is -1.10. The molecule has 19 heavy (non-hydrogen) atoms. The second-order valence-electron chi connectivity index (χ2n) is 4.13. The van der Waals surface area contributed by atoms with E-state index < -0.39 is 0 Å². The van der Waals surface area contributed by atoms with E-state index in [0.717, 1.165) is 11.3 Å². The van der Waals surface area contributed by atoms with Crippen molar-refractivity contribution < 1.29 is 0 Å². The fraction of sp³-hybridized carbons (Fsp3) is 0.231. The maximum atomic E-state index is 12.0. The molecule has 1 aromatic heterocycles. The minimum Gasteiger partial charge on any atom is -0.336 e. The van der Waals surface area contributed by atoms with Gasteiger partial charge in [0.25, 0.3) is 5.56 Å². The van der Waals surface area contributed by atoms with E-state index in [2.05, 4.69) is 9.97 Å². The largest absolute Gasteiger partial charge is 0.336 e. The van der Waals surface area contributed by atoms with Crippen LogP contribution >= 0.6 is 35.4 Å². The number of aromatic nitrogens is 2. The minimum absolute atomic E-state index is 0.174. The van der Waals surface area contributed by atoms with Gasteiger partial charge in [0, 0.05) is 27.7 Å². The number of hydrogen-bond acceptors (Lipinski definition) is 2. The van der Waals surface area contributed by atoms with Crippen LogP contribution in [0.3, 0.4) is 0 Å². The second kappa shape index (κ2) is 5.90. The molecule has 0 aliphatic rings. The zero-order valence-electron chi connectivity index (χ0n) is 10.2. The van der Waals surface area contributed by atoms with Gasteiger partial charge in [-0.15, -0.1) is 0 Å². The zero-order chi connectivity index (χ0) is 14.0. The van der Waals surface area contributed by atoms with Crippen LogP contribution in [0.2, 0.25) is 10.0 Å². The molecule has 3 nitrogen and oxygen atoms in total. The number of hydrogen-bond donors (Lipinski definition) is 2. The summed E-state index contributed by atoms with van der Waals surface area (Å²) in [5.41, 5.74) is 2.17. The van der Waals surface area contributed by atoms with Gasteiger partial charge in [0.05, 0.1) is 0 Å². The van der Waals surface area contributed by atoms with Gasteiger partial charge in [-0.1, -0.05) is 36.2 Å². The van der Waals surface area contributed by atoms with Gasteiger partial charge in [0.2, 0.25) is 0 Å². The normalized spacial score (nSPS) is 10.7. The smallest absolute Gasteiger partial charge is 0.255 e. The summed E-state index contributed by atoms with van der Waals surface area (Å²) in [7, 11) is 0. The topological polar surface area (TPSA) is 48.6 Å². The summed E-state index contributed by atoms with van der Waals surface area (Å²) in [6, 6.07) is 5.25. The molecule has 6 heteroatoms. The molecule has 100 valence electrons. The standard InChI is InChI=1S/C13H12Cl2N2OS/c1-2-11-9(12(18)17-13(19)16-11)5-7-3-4-8(14)6-10(7)15/h3-4,6H,2,5H2,1H3,(H2,16,17,18,19). The quantitative estimate of drug-likeness (QED) is 0.844. The molecule has 2 aromatic rings. The molecule has 0 radical (unpaired) electrons. The Morgan fingerprint density at radius 1 is 1.26 bits per heavy atom. The molecule has 2 N–H and O–H groups in total. The monoisotopic (exact) mass is 314 g/mol. The maximum Gasteiger partial charge on any atom is 0.255 e. The molecular formula is C13H12Cl2N2OS. The highest BCUT2D eigenvalue weighted by molar-refractivity contribution is 7.71. The van der Waals surface area contributed by atoms with Crippen LogP contribution in [0.4, 0.5) is 0 Å². The van der Waals surface area contributed by atoms with Crippen molar-refractivity contribution in [3.63, 3.8) is 0 Å². The summed E-state index contributed by atoms with van der Waals surface area (Å²) in [6.45, 7) is 1.97. The Kier molecular flexibility index (Phi) is 4.45. The van der Waals surface area contributed by atoms with Gasteiger partial charge in [-0.25, -0.2) is 0 Å². The molecule has 0 bridgehead atoms. The van der Waals surface area contributed by atoms with Crippen molar-refractivity contribution in [3.05, 3.63) is 60.2 Å². The molecular weight excluding hydrogens is 303 g/mol. The molecule has 0 amide bonds. The molecule has 0 saturated carbocycles. The van der Waals surface area contributed by atoms with E-state index in [0.29, 0.717) is 33.2 Å². The molecule has 1 heterocycles. The highest BCUT2D eigenvalue weighted by atomic mass is 35.5. The Labute approximate surface area is 125 Å². The third-order valence-electron chi connectivity index (χ3n) is 2.87. The Balaban J connectivity index is 2.49. The van der Waals surface area contributed by atoms with E-state index in [9.17, 15) is 4.79 Å². The van der Waals surface area contributed by atoms with Crippen molar-refractivity contribution in [1.29, 1.82) is 0 Å². The lowest BCUT2D eigenvalue weighted by Gasteiger charge is -2.08. The average molecular weight is 315 g/mol. The van der Waals surface area contributed by atoms with Crippen LogP contribution in [0.15, 0.2) is 23.0 Å². The van der Waals surface area contributed by atoms with Crippen molar-refractivity contribution in [2.75, 3.05) is 0 Å². The summed E-state index contributed by atoms with van der Waals surface area (Å²) in [6.07, 6.45) is 1.15. The first-order chi connectivity index (χ1) is 9.01.